The molecular weight excluding hydrogens is 292 g/mol. The first-order valence-corrected chi connectivity index (χ1v) is 7.41. The first kappa shape index (κ1) is 15.4. The minimum atomic E-state index is -1.04. The summed E-state index contributed by atoms with van der Waals surface area (Å²) in [6.07, 6.45) is 0. The molecule has 112 valence electrons. The van der Waals surface area contributed by atoms with E-state index in [1.807, 2.05) is 13.8 Å². The fraction of sp³-hybridized carbons (Fsp3) is 0.462. The van der Waals surface area contributed by atoms with Gasteiger partial charge >= 0.3 is 5.97 Å². The van der Waals surface area contributed by atoms with Crippen LogP contribution in [0.5, 0.6) is 0 Å². The lowest BCUT2D eigenvalue weighted by molar-refractivity contribution is 0.0690. The quantitative estimate of drug-likeness (QED) is 0.664. The largest absolute Gasteiger partial charge is 0.478 e. The van der Waals surface area contributed by atoms with Crippen LogP contribution in [0.4, 0.5) is 0 Å². The Kier molecular flexibility index (Phi) is 4.56. The number of aryl methyl sites for hydroxylation is 2. The first-order valence-electron chi connectivity index (χ1n) is 6.42. The van der Waals surface area contributed by atoms with E-state index in [1.165, 1.54) is 11.8 Å². The minimum absolute atomic E-state index is 0.120. The number of hydrogen-bond donors (Lipinski definition) is 1. The van der Waals surface area contributed by atoms with Gasteiger partial charge in [-0.2, -0.15) is 4.98 Å². The molecule has 2 aromatic rings. The van der Waals surface area contributed by atoms with Gasteiger partial charge in [-0.15, -0.1) is 0 Å². The first-order chi connectivity index (χ1) is 9.88. The van der Waals surface area contributed by atoms with E-state index in [2.05, 4.69) is 20.1 Å². The molecule has 0 spiro atoms. The van der Waals surface area contributed by atoms with Gasteiger partial charge in [0.1, 0.15) is 16.4 Å². The Labute approximate surface area is 126 Å². The van der Waals surface area contributed by atoms with Crippen LogP contribution in [0.3, 0.4) is 0 Å². The van der Waals surface area contributed by atoms with Crippen LogP contribution in [0.25, 0.3) is 0 Å². The number of carbonyl (C=O) groups is 1. The predicted molar refractivity (Wildman–Crippen MR) is 76.4 cm³/mol. The van der Waals surface area contributed by atoms with Crippen molar-refractivity contribution in [1.29, 1.82) is 0 Å². The summed E-state index contributed by atoms with van der Waals surface area (Å²) in [5, 5.41) is 13.6. The van der Waals surface area contributed by atoms with Crippen molar-refractivity contribution >= 4 is 17.7 Å². The van der Waals surface area contributed by atoms with Crippen LogP contribution >= 0.6 is 11.8 Å². The Bertz CT molecular complexity index is 669. The monoisotopic (exact) mass is 308 g/mol. The molecule has 0 atom stereocenters. The Morgan fingerprint density at radius 1 is 1.29 bits per heavy atom. The van der Waals surface area contributed by atoms with Gasteiger partial charge in [0.25, 0.3) is 0 Å². The lowest BCUT2D eigenvalue weighted by atomic mass is 10.2. The second-order valence-electron chi connectivity index (χ2n) is 4.83. The van der Waals surface area contributed by atoms with Crippen molar-refractivity contribution < 1.29 is 14.4 Å². The lowest BCUT2D eigenvalue weighted by Crippen LogP contribution is -2.08. The van der Waals surface area contributed by atoms with E-state index in [4.69, 9.17) is 4.52 Å². The van der Waals surface area contributed by atoms with E-state index in [-0.39, 0.29) is 11.5 Å². The van der Waals surface area contributed by atoms with Crippen LogP contribution < -0.4 is 0 Å². The summed E-state index contributed by atoms with van der Waals surface area (Å²) in [6.45, 7) is 7.33. The van der Waals surface area contributed by atoms with Crippen LogP contribution in [0.15, 0.2) is 9.55 Å². The number of rotatable bonds is 5. The molecule has 2 aromatic heterocycles. The second-order valence-corrected chi connectivity index (χ2v) is 5.80. The molecule has 0 unspecified atom stereocenters. The van der Waals surface area contributed by atoms with Crippen molar-refractivity contribution in [3.63, 3.8) is 0 Å². The van der Waals surface area contributed by atoms with Gasteiger partial charge in [-0.05, 0) is 13.8 Å². The van der Waals surface area contributed by atoms with Crippen molar-refractivity contribution in [2.45, 2.75) is 44.4 Å². The van der Waals surface area contributed by atoms with E-state index in [0.29, 0.717) is 34.0 Å². The van der Waals surface area contributed by atoms with Crippen LogP contribution in [0.1, 0.15) is 53.4 Å². The highest BCUT2D eigenvalue weighted by atomic mass is 32.2. The molecule has 2 heterocycles. The Balaban J connectivity index is 2.21. The second kappa shape index (κ2) is 6.21. The summed E-state index contributed by atoms with van der Waals surface area (Å²) < 4.78 is 5.14. The summed E-state index contributed by atoms with van der Waals surface area (Å²) in [5.41, 5.74) is 0.570. The summed E-state index contributed by atoms with van der Waals surface area (Å²) >= 11 is 1.25. The maximum absolute atomic E-state index is 11.3. The van der Waals surface area contributed by atoms with E-state index in [1.54, 1.807) is 13.8 Å². The van der Waals surface area contributed by atoms with Gasteiger partial charge in [-0.3, -0.25) is 0 Å². The molecule has 0 aromatic carbocycles. The normalized spacial score (nSPS) is 11.1. The van der Waals surface area contributed by atoms with Crippen molar-refractivity contribution in [2.24, 2.45) is 0 Å². The Morgan fingerprint density at radius 2 is 2.00 bits per heavy atom. The Hall–Kier alpha value is -1.96. The smallest absolute Gasteiger partial charge is 0.340 e. The van der Waals surface area contributed by atoms with E-state index in [9.17, 15) is 9.90 Å². The van der Waals surface area contributed by atoms with Crippen molar-refractivity contribution in [2.75, 3.05) is 0 Å². The average Bonchev–Trinajstić information content (AvgIpc) is 2.83. The number of aromatic nitrogens is 4. The summed E-state index contributed by atoms with van der Waals surface area (Å²) in [4.78, 5) is 23.8. The van der Waals surface area contributed by atoms with Gasteiger partial charge in [0, 0.05) is 5.92 Å². The molecule has 2 rings (SSSR count). The molecule has 0 aliphatic carbocycles. The molecule has 7 nitrogen and oxygen atoms in total. The molecule has 0 bridgehead atoms. The number of hydrogen-bond acceptors (Lipinski definition) is 7. The van der Waals surface area contributed by atoms with Crippen LogP contribution in [-0.4, -0.2) is 31.2 Å². The fourth-order valence-corrected chi connectivity index (χ4v) is 2.68. The molecule has 1 N–H and O–H groups in total. The van der Waals surface area contributed by atoms with E-state index in [0.717, 1.165) is 0 Å². The topological polar surface area (TPSA) is 102 Å². The summed E-state index contributed by atoms with van der Waals surface area (Å²) in [6, 6.07) is 0. The summed E-state index contributed by atoms with van der Waals surface area (Å²) in [7, 11) is 0. The third-order valence-corrected chi connectivity index (χ3v) is 3.68. The lowest BCUT2D eigenvalue weighted by Gasteiger charge is -2.07. The minimum Gasteiger partial charge on any atom is -0.478 e. The van der Waals surface area contributed by atoms with Crippen LogP contribution in [-0.2, 0) is 5.75 Å². The van der Waals surface area contributed by atoms with Crippen molar-refractivity contribution in [1.82, 2.24) is 20.1 Å². The van der Waals surface area contributed by atoms with E-state index < -0.39 is 5.97 Å². The van der Waals surface area contributed by atoms with Crippen molar-refractivity contribution in [3.8, 4) is 0 Å². The van der Waals surface area contributed by atoms with Gasteiger partial charge in [0.05, 0.1) is 11.4 Å². The molecule has 0 amide bonds. The molecule has 0 aliphatic rings. The number of carboxylic acid groups (broad SMARTS) is 1. The zero-order chi connectivity index (χ0) is 15.6. The number of thioether (sulfide) groups is 1. The van der Waals surface area contributed by atoms with E-state index >= 15 is 0 Å². The van der Waals surface area contributed by atoms with Gasteiger partial charge in [-0.25, -0.2) is 14.8 Å². The standard InChI is InChI=1S/C13H16N4O3S/c1-6(2)11-16-9(20-17-11)5-21-12-10(13(18)19)7(3)14-8(4)15-12/h6H,5H2,1-4H3,(H,18,19). The number of carboxylic acids is 1. The summed E-state index contributed by atoms with van der Waals surface area (Å²) in [5.74, 6) is 1.14. The predicted octanol–water partition coefficient (Wildman–Crippen LogP) is 2.59. The molecule has 0 saturated heterocycles. The van der Waals surface area contributed by atoms with Gasteiger partial charge in [0.15, 0.2) is 5.82 Å². The van der Waals surface area contributed by atoms with Crippen LogP contribution in [0, 0.1) is 13.8 Å². The maximum atomic E-state index is 11.3. The molecular formula is C13H16N4O3S. The Morgan fingerprint density at radius 3 is 2.57 bits per heavy atom. The number of aromatic carboxylic acids is 1. The third kappa shape index (κ3) is 3.57. The zero-order valence-electron chi connectivity index (χ0n) is 12.2. The highest BCUT2D eigenvalue weighted by Crippen LogP contribution is 2.26. The highest BCUT2D eigenvalue weighted by molar-refractivity contribution is 7.98. The molecule has 8 heteroatoms. The van der Waals surface area contributed by atoms with Gasteiger partial charge in [0.2, 0.25) is 5.89 Å². The van der Waals surface area contributed by atoms with Crippen molar-refractivity contribution in [3.05, 3.63) is 28.8 Å². The molecule has 0 aliphatic heterocycles. The van der Waals surface area contributed by atoms with Gasteiger partial charge < -0.3 is 9.63 Å². The van der Waals surface area contributed by atoms with Gasteiger partial charge in [-0.1, -0.05) is 30.8 Å². The molecule has 0 saturated carbocycles. The molecule has 0 radical (unpaired) electrons. The third-order valence-electron chi connectivity index (χ3n) is 2.71. The highest BCUT2D eigenvalue weighted by Gasteiger charge is 2.18. The SMILES string of the molecule is Cc1nc(C)c(C(=O)O)c(SCc2nc(C(C)C)no2)n1. The fourth-order valence-electron chi connectivity index (χ4n) is 1.72. The molecule has 21 heavy (non-hydrogen) atoms. The maximum Gasteiger partial charge on any atom is 0.340 e. The zero-order valence-corrected chi connectivity index (χ0v) is 13.1. The molecule has 0 fully saturated rings. The number of nitrogens with zero attached hydrogens (tertiary/aromatic N) is 4. The average molecular weight is 308 g/mol. The van der Waals surface area contributed by atoms with Crippen LogP contribution in [0.2, 0.25) is 0 Å².